The summed E-state index contributed by atoms with van der Waals surface area (Å²) >= 11 is 7.05. The maximum atomic E-state index is 4.76. The van der Waals surface area contributed by atoms with Crippen molar-refractivity contribution in [2.75, 3.05) is 0 Å². The molecule has 0 amide bonds. The summed E-state index contributed by atoms with van der Waals surface area (Å²) in [5.41, 5.74) is 7.58. The van der Waals surface area contributed by atoms with Gasteiger partial charge in [0.05, 0.1) is 34.2 Å². The van der Waals surface area contributed by atoms with Crippen LogP contribution in [0.2, 0.25) is 0 Å². The molecule has 0 aliphatic heterocycles. The monoisotopic (exact) mass is 497 g/mol. The highest BCUT2D eigenvalue weighted by molar-refractivity contribution is 9.10. The van der Waals surface area contributed by atoms with Crippen molar-refractivity contribution in [2.45, 2.75) is 27.7 Å². The van der Waals surface area contributed by atoms with Crippen LogP contribution < -0.4 is 0 Å². The number of halogens is 2. The van der Waals surface area contributed by atoms with Gasteiger partial charge in [-0.25, -0.2) is 4.98 Å². The van der Waals surface area contributed by atoms with Crippen LogP contribution in [0, 0.1) is 13.8 Å². The van der Waals surface area contributed by atoms with E-state index in [1.165, 1.54) is 0 Å². The Morgan fingerprint density at radius 1 is 0.714 bits per heavy atom. The lowest BCUT2D eigenvalue weighted by atomic mass is 10.2. The van der Waals surface area contributed by atoms with Crippen molar-refractivity contribution in [3.8, 4) is 0 Å². The van der Waals surface area contributed by atoms with Gasteiger partial charge in [-0.05, 0) is 87.4 Å². The smallest absolute Gasteiger partial charge is 0.0849 e. The van der Waals surface area contributed by atoms with E-state index in [0.717, 1.165) is 54.3 Å². The molecular weight excluding hydrogens is 478 g/mol. The SMILES string of the molecule is CC(=Nc1ccc(Br)c(C)c1)c1cccc(C(C)=Nc2ccc(Br)c(C)c2)n1. The Balaban J connectivity index is 1.90. The molecule has 0 radical (unpaired) electrons. The highest BCUT2D eigenvalue weighted by Crippen LogP contribution is 2.24. The Labute approximate surface area is 182 Å². The molecule has 0 fully saturated rings. The molecule has 0 unspecified atom stereocenters. The van der Waals surface area contributed by atoms with Gasteiger partial charge in [-0.15, -0.1) is 0 Å². The highest BCUT2D eigenvalue weighted by atomic mass is 79.9. The molecule has 2 aromatic carbocycles. The van der Waals surface area contributed by atoms with E-state index in [-0.39, 0.29) is 0 Å². The van der Waals surface area contributed by atoms with Gasteiger partial charge in [0.15, 0.2) is 0 Å². The van der Waals surface area contributed by atoms with Crippen LogP contribution in [0.5, 0.6) is 0 Å². The molecule has 0 spiro atoms. The number of aromatic nitrogens is 1. The van der Waals surface area contributed by atoms with Gasteiger partial charge in [-0.1, -0.05) is 37.9 Å². The Bertz CT molecular complexity index is 1000. The maximum Gasteiger partial charge on any atom is 0.0849 e. The van der Waals surface area contributed by atoms with Crippen LogP contribution in [0.1, 0.15) is 36.4 Å². The summed E-state index contributed by atoms with van der Waals surface area (Å²) in [5, 5.41) is 0. The molecule has 5 heteroatoms. The molecule has 0 N–H and O–H groups in total. The van der Waals surface area contributed by atoms with Crippen LogP contribution in [-0.2, 0) is 0 Å². The van der Waals surface area contributed by atoms with E-state index in [1.54, 1.807) is 0 Å². The molecular formula is C23H21Br2N3. The van der Waals surface area contributed by atoms with Gasteiger partial charge >= 0.3 is 0 Å². The van der Waals surface area contributed by atoms with Gasteiger partial charge in [0.25, 0.3) is 0 Å². The van der Waals surface area contributed by atoms with E-state index in [2.05, 4.69) is 57.8 Å². The first-order valence-corrected chi connectivity index (χ1v) is 10.5. The van der Waals surface area contributed by atoms with Crippen molar-refractivity contribution in [1.29, 1.82) is 0 Å². The molecule has 0 saturated heterocycles. The molecule has 0 saturated carbocycles. The molecule has 142 valence electrons. The topological polar surface area (TPSA) is 37.6 Å². The van der Waals surface area contributed by atoms with Crippen LogP contribution in [0.15, 0.2) is 73.5 Å². The summed E-state index contributed by atoms with van der Waals surface area (Å²) in [6.45, 7) is 8.07. The standard InChI is InChI=1S/C23H21Br2N3/c1-14-12-18(8-10-20(14)24)26-16(3)22-6-5-7-23(28-22)17(4)27-19-9-11-21(25)15(2)13-19/h5-13H,1-4H3. The Hall–Kier alpha value is -2.11. The fraction of sp³-hybridized carbons (Fsp3) is 0.174. The molecule has 3 rings (SSSR count). The predicted molar refractivity (Wildman–Crippen MR) is 126 cm³/mol. The zero-order valence-corrected chi connectivity index (χ0v) is 19.5. The third kappa shape index (κ3) is 5.03. The van der Waals surface area contributed by atoms with Crippen LogP contribution in [0.4, 0.5) is 11.4 Å². The normalized spacial score (nSPS) is 12.4. The Morgan fingerprint density at radius 2 is 1.14 bits per heavy atom. The van der Waals surface area contributed by atoms with Crippen LogP contribution in [0.3, 0.4) is 0 Å². The van der Waals surface area contributed by atoms with E-state index in [0.29, 0.717) is 0 Å². The highest BCUT2D eigenvalue weighted by Gasteiger charge is 2.06. The third-order valence-electron chi connectivity index (χ3n) is 4.37. The molecule has 28 heavy (non-hydrogen) atoms. The number of pyridine rings is 1. The second-order valence-corrected chi connectivity index (χ2v) is 8.38. The van der Waals surface area contributed by atoms with E-state index in [9.17, 15) is 0 Å². The molecule has 1 aromatic heterocycles. The summed E-state index contributed by atoms with van der Waals surface area (Å²) in [4.78, 5) is 14.2. The van der Waals surface area contributed by atoms with Gasteiger partial charge in [0, 0.05) is 8.95 Å². The maximum absolute atomic E-state index is 4.76. The summed E-state index contributed by atoms with van der Waals surface area (Å²) < 4.78 is 2.17. The average molecular weight is 499 g/mol. The van der Waals surface area contributed by atoms with Crippen LogP contribution in [-0.4, -0.2) is 16.4 Å². The summed E-state index contributed by atoms with van der Waals surface area (Å²) in [6, 6.07) is 18.1. The number of benzene rings is 2. The number of nitrogens with zero attached hydrogens (tertiary/aromatic N) is 3. The lowest BCUT2D eigenvalue weighted by Crippen LogP contribution is -2.05. The van der Waals surface area contributed by atoms with Gasteiger partial charge in [0.1, 0.15) is 0 Å². The first-order chi connectivity index (χ1) is 13.3. The Kier molecular flexibility index (Phi) is 6.57. The fourth-order valence-electron chi connectivity index (χ4n) is 2.74. The molecule has 1 heterocycles. The first-order valence-electron chi connectivity index (χ1n) is 8.94. The fourth-order valence-corrected chi connectivity index (χ4v) is 3.23. The number of aryl methyl sites for hydroxylation is 2. The molecule has 0 aliphatic carbocycles. The molecule has 0 atom stereocenters. The van der Waals surface area contributed by atoms with Crippen molar-refractivity contribution in [3.05, 3.63) is 86.1 Å². The first kappa shape index (κ1) is 20.6. The van der Waals surface area contributed by atoms with Gasteiger partial charge in [-0.3, -0.25) is 9.98 Å². The van der Waals surface area contributed by atoms with Crippen molar-refractivity contribution in [3.63, 3.8) is 0 Å². The van der Waals surface area contributed by atoms with Crippen molar-refractivity contribution < 1.29 is 0 Å². The van der Waals surface area contributed by atoms with E-state index < -0.39 is 0 Å². The number of aliphatic imine (C=N–C) groups is 2. The van der Waals surface area contributed by atoms with Crippen molar-refractivity contribution in [1.82, 2.24) is 4.98 Å². The van der Waals surface area contributed by atoms with E-state index >= 15 is 0 Å². The van der Waals surface area contributed by atoms with E-state index in [1.807, 2.05) is 56.3 Å². The molecule has 0 bridgehead atoms. The number of rotatable bonds is 4. The summed E-state index contributed by atoms with van der Waals surface area (Å²) in [6.07, 6.45) is 0. The largest absolute Gasteiger partial charge is 0.252 e. The zero-order chi connectivity index (χ0) is 20.3. The lowest BCUT2D eigenvalue weighted by molar-refractivity contribution is 1.24. The van der Waals surface area contributed by atoms with Gasteiger partial charge in [0.2, 0.25) is 0 Å². The zero-order valence-electron chi connectivity index (χ0n) is 16.3. The second kappa shape index (κ2) is 8.93. The second-order valence-electron chi connectivity index (χ2n) is 6.67. The predicted octanol–water partition coefficient (Wildman–Crippen LogP) is 7.50. The van der Waals surface area contributed by atoms with Gasteiger partial charge in [-0.2, -0.15) is 0 Å². The van der Waals surface area contributed by atoms with Gasteiger partial charge < -0.3 is 0 Å². The minimum Gasteiger partial charge on any atom is -0.252 e. The summed E-state index contributed by atoms with van der Waals surface area (Å²) in [5.74, 6) is 0. The molecule has 3 nitrogen and oxygen atoms in total. The number of hydrogen-bond acceptors (Lipinski definition) is 3. The summed E-state index contributed by atoms with van der Waals surface area (Å²) in [7, 11) is 0. The third-order valence-corrected chi connectivity index (χ3v) is 6.15. The number of hydrogen-bond donors (Lipinski definition) is 0. The molecule has 0 aliphatic rings. The van der Waals surface area contributed by atoms with Crippen molar-refractivity contribution >= 4 is 54.7 Å². The lowest BCUT2D eigenvalue weighted by Gasteiger charge is -2.06. The minimum absolute atomic E-state index is 0.847. The van der Waals surface area contributed by atoms with E-state index in [4.69, 9.17) is 15.0 Å². The Morgan fingerprint density at radius 3 is 1.54 bits per heavy atom. The molecule has 3 aromatic rings. The quantitative estimate of drug-likeness (QED) is 0.343. The minimum atomic E-state index is 0.847. The average Bonchev–Trinajstić information content (AvgIpc) is 2.67. The van der Waals surface area contributed by atoms with Crippen LogP contribution >= 0.6 is 31.9 Å². The van der Waals surface area contributed by atoms with Crippen LogP contribution in [0.25, 0.3) is 0 Å². The van der Waals surface area contributed by atoms with Crippen molar-refractivity contribution in [2.24, 2.45) is 9.98 Å².